The number of ether oxygens (including phenoxy) is 3. The molecule has 1 aliphatic rings. The van der Waals surface area contributed by atoms with Gasteiger partial charge in [-0.2, -0.15) is 8.78 Å². The first-order valence-electron chi connectivity index (χ1n) is 9.39. The van der Waals surface area contributed by atoms with Gasteiger partial charge in [-0.25, -0.2) is 0 Å². The average Bonchev–Trinajstić information content (AvgIpc) is 2.72. The van der Waals surface area contributed by atoms with E-state index in [1.54, 1.807) is 18.2 Å². The minimum atomic E-state index is -2.95. The highest BCUT2D eigenvalue weighted by atomic mass is 35.5. The first kappa shape index (κ1) is 22.7. The Bertz CT molecular complexity index is 851. The lowest BCUT2D eigenvalue weighted by Crippen LogP contribution is -2.39. The summed E-state index contributed by atoms with van der Waals surface area (Å²) in [6, 6.07) is 11.9. The Kier molecular flexibility index (Phi) is 8.27. The highest BCUT2D eigenvalue weighted by molar-refractivity contribution is 6.63. The minimum Gasteiger partial charge on any atom is -0.489 e. The molecule has 0 radical (unpaired) electrons. The number of hydrogen-bond acceptors (Lipinski definition) is 5. The second kappa shape index (κ2) is 10.9. The predicted molar refractivity (Wildman–Crippen MR) is 109 cm³/mol. The Balaban J connectivity index is 1.60. The van der Waals surface area contributed by atoms with E-state index in [4.69, 9.17) is 32.7 Å². The zero-order valence-electron chi connectivity index (χ0n) is 16.0. The van der Waals surface area contributed by atoms with Gasteiger partial charge in [0.25, 0.3) is 0 Å². The van der Waals surface area contributed by atoms with Gasteiger partial charge in [0, 0.05) is 26.1 Å². The minimum absolute atomic E-state index is 0.0127. The van der Waals surface area contributed by atoms with E-state index >= 15 is 0 Å². The molecule has 2 aromatic rings. The maximum absolute atomic E-state index is 12.6. The summed E-state index contributed by atoms with van der Waals surface area (Å²) in [5, 5.41) is -0.0592. The standard InChI is InChI=1S/C21H21Cl2F2NO4/c22-17-2-1-3-18(30-21(24)25)16(17)13-29-15-6-4-14(5-7-15)19-12-26(10-11-28-19)9-8-20(23)27/h1-7,19,21H,8-13H2. The molecule has 2 aromatic carbocycles. The van der Waals surface area contributed by atoms with Crippen LogP contribution < -0.4 is 9.47 Å². The van der Waals surface area contributed by atoms with Gasteiger partial charge in [0.05, 0.1) is 23.3 Å². The molecule has 0 N–H and O–H groups in total. The van der Waals surface area contributed by atoms with Crippen molar-refractivity contribution >= 4 is 28.4 Å². The number of carbonyl (C=O) groups excluding carboxylic acids is 1. The highest BCUT2D eigenvalue weighted by Gasteiger charge is 2.22. The maximum atomic E-state index is 12.6. The van der Waals surface area contributed by atoms with E-state index in [0.717, 1.165) is 12.1 Å². The number of morpholine rings is 1. The van der Waals surface area contributed by atoms with Crippen LogP contribution in [0.3, 0.4) is 0 Å². The van der Waals surface area contributed by atoms with Gasteiger partial charge in [0.2, 0.25) is 5.24 Å². The molecule has 1 heterocycles. The van der Waals surface area contributed by atoms with Gasteiger partial charge in [-0.1, -0.05) is 29.8 Å². The van der Waals surface area contributed by atoms with Crippen molar-refractivity contribution < 1.29 is 27.8 Å². The van der Waals surface area contributed by atoms with Crippen LogP contribution >= 0.6 is 23.2 Å². The van der Waals surface area contributed by atoms with Crippen LogP contribution in [0.4, 0.5) is 8.78 Å². The second-order valence-corrected chi connectivity index (χ2v) is 7.55. The number of rotatable bonds is 9. The Morgan fingerprint density at radius 2 is 2.00 bits per heavy atom. The van der Waals surface area contributed by atoms with E-state index in [1.807, 2.05) is 12.1 Å². The SMILES string of the molecule is O=C(Cl)CCN1CCOC(c2ccc(OCc3c(Cl)cccc3OC(F)F)cc2)C1. The van der Waals surface area contributed by atoms with Crippen molar-refractivity contribution in [3.8, 4) is 11.5 Å². The van der Waals surface area contributed by atoms with Crippen LogP contribution in [0.15, 0.2) is 42.5 Å². The van der Waals surface area contributed by atoms with E-state index in [1.165, 1.54) is 12.1 Å². The molecule has 0 spiro atoms. The van der Waals surface area contributed by atoms with Gasteiger partial charge < -0.3 is 14.2 Å². The lowest BCUT2D eigenvalue weighted by Gasteiger charge is -2.32. The molecule has 0 aromatic heterocycles. The van der Waals surface area contributed by atoms with Crippen LogP contribution in [0.25, 0.3) is 0 Å². The summed E-state index contributed by atoms with van der Waals surface area (Å²) in [6.07, 6.45) is 0.188. The van der Waals surface area contributed by atoms with Gasteiger partial charge >= 0.3 is 6.61 Å². The van der Waals surface area contributed by atoms with Crippen molar-refractivity contribution in [2.45, 2.75) is 25.7 Å². The number of alkyl halides is 2. The Morgan fingerprint density at radius 1 is 1.23 bits per heavy atom. The van der Waals surface area contributed by atoms with Gasteiger partial charge in [0.15, 0.2) is 0 Å². The molecule has 0 amide bonds. The Labute approximate surface area is 183 Å². The molecular weight excluding hydrogens is 439 g/mol. The first-order chi connectivity index (χ1) is 14.4. The van der Waals surface area contributed by atoms with Gasteiger partial charge in [-0.15, -0.1) is 0 Å². The largest absolute Gasteiger partial charge is 0.489 e. The Morgan fingerprint density at radius 3 is 2.70 bits per heavy atom. The molecule has 1 unspecified atom stereocenters. The third-order valence-corrected chi connectivity index (χ3v) is 5.25. The van der Waals surface area contributed by atoms with Gasteiger partial charge in [-0.3, -0.25) is 9.69 Å². The van der Waals surface area contributed by atoms with Crippen LogP contribution in [-0.2, 0) is 16.1 Å². The fourth-order valence-corrected chi connectivity index (χ4v) is 3.48. The molecule has 162 valence electrons. The smallest absolute Gasteiger partial charge is 0.387 e. The molecule has 0 aliphatic carbocycles. The summed E-state index contributed by atoms with van der Waals surface area (Å²) in [5.41, 5.74) is 1.33. The van der Waals surface area contributed by atoms with Crippen LogP contribution in [0, 0.1) is 0 Å². The average molecular weight is 460 g/mol. The maximum Gasteiger partial charge on any atom is 0.387 e. The van der Waals surface area contributed by atoms with Crippen LogP contribution in [-0.4, -0.2) is 43.0 Å². The molecule has 1 saturated heterocycles. The summed E-state index contributed by atoms with van der Waals surface area (Å²) >= 11 is 11.5. The molecule has 0 bridgehead atoms. The number of nitrogens with zero attached hydrogens (tertiary/aromatic N) is 1. The summed E-state index contributed by atoms with van der Waals surface area (Å²) in [7, 11) is 0. The van der Waals surface area contributed by atoms with E-state index in [0.29, 0.717) is 37.4 Å². The summed E-state index contributed by atoms with van der Waals surface area (Å²) < 4.78 is 41.2. The second-order valence-electron chi connectivity index (χ2n) is 6.72. The molecule has 30 heavy (non-hydrogen) atoms. The molecule has 0 saturated carbocycles. The zero-order valence-corrected chi connectivity index (χ0v) is 17.5. The zero-order chi connectivity index (χ0) is 21.5. The van der Waals surface area contributed by atoms with E-state index in [-0.39, 0.29) is 28.7 Å². The number of carbonyl (C=O) groups is 1. The predicted octanol–water partition coefficient (Wildman–Crippen LogP) is 5.05. The first-order valence-corrected chi connectivity index (χ1v) is 10.1. The quantitative estimate of drug-likeness (QED) is 0.491. The van der Waals surface area contributed by atoms with Crippen LogP contribution in [0.5, 0.6) is 11.5 Å². The van der Waals surface area contributed by atoms with Crippen LogP contribution in [0.1, 0.15) is 23.7 Å². The van der Waals surface area contributed by atoms with Crippen molar-refractivity contribution in [1.29, 1.82) is 0 Å². The Hall–Kier alpha value is -1.93. The molecule has 1 fully saturated rings. The fraction of sp³-hybridized carbons (Fsp3) is 0.381. The highest BCUT2D eigenvalue weighted by Crippen LogP contribution is 2.30. The van der Waals surface area contributed by atoms with Crippen molar-refractivity contribution in [3.05, 3.63) is 58.6 Å². The van der Waals surface area contributed by atoms with Crippen LogP contribution in [0.2, 0.25) is 5.02 Å². The van der Waals surface area contributed by atoms with E-state index < -0.39 is 6.61 Å². The molecular formula is C21H21Cl2F2NO4. The lowest BCUT2D eigenvalue weighted by molar-refractivity contribution is -0.112. The molecule has 1 aliphatic heterocycles. The third-order valence-electron chi connectivity index (χ3n) is 4.70. The fourth-order valence-electron chi connectivity index (χ4n) is 3.17. The van der Waals surface area contributed by atoms with E-state index in [2.05, 4.69) is 9.64 Å². The van der Waals surface area contributed by atoms with Gasteiger partial charge in [-0.05, 0) is 41.4 Å². The molecule has 5 nitrogen and oxygen atoms in total. The van der Waals surface area contributed by atoms with Crippen molar-refractivity contribution in [3.63, 3.8) is 0 Å². The summed E-state index contributed by atoms with van der Waals surface area (Å²) in [5.74, 6) is 0.544. The normalized spacial score (nSPS) is 17.2. The van der Waals surface area contributed by atoms with E-state index in [9.17, 15) is 13.6 Å². The van der Waals surface area contributed by atoms with Crippen molar-refractivity contribution in [2.24, 2.45) is 0 Å². The monoisotopic (exact) mass is 459 g/mol. The number of halogens is 4. The third kappa shape index (κ3) is 6.54. The van der Waals surface area contributed by atoms with Gasteiger partial charge in [0.1, 0.15) is 18.1 Å². The number of hydrogen-bond donors (Lipinski definition) is 0. The number of benzene rings is 2. The summed E-state index contributed by atoms with van der Waals surface area (Å²) in [6.45, 7) is -0.371. The van der Waals surface area contributed by atoms with Crippen molar-refractivity contribution in [2.75, 3.05) is 26.2 Å². The van der Waals surface area contributed by atoms with Crippen molar-refractivity contribution in [1.82, 2.24) is 4.90 Å². The topological polar surface area (TPSA) is 48.0 Å². The molecule has 3 rings (SSSR count). The lowest BCUT2D eigenvalue weighted by atomic mass is 10.1. The molecule has 1 atom stereocenters. The molecule has 9 heteroatoms. The summed E-state index contributed by atoms with van der Waals surface area (Å²) in [4.78, 5) is 13.1.